The van der Waals surface area contributed by atoms with Gasteiger partial charge in [-0.1, -0.05) is 24.8 Å². The molecule has 0 aliphatic heterocycles. The van der Waals surface area contributed by atoms with Gasteiger partial charge in [0, 0.05) is 17.1 Å². The van der Waals surface area contributed by atoms with Crippen LogP contribution in [0, 0.1) is 0 Å². The van der Waals surface area contributed by atoms with Gasteiger partial charge in [-0.3, -0.25) is 0 Å². The molecule has 1 aromatic carbocycles. The van der Waals surface area contributed by atoms with E-state index in [2.05, 4.69) is 16.6 Å². The van der Waals surface area contributed by atoms with Crippen LogP contribution in [0.1, 0.15) is 5.56 Å². The Morgan fingerprint density at radius 3 is 2.41 bits per heavy atom. The minimum absolute atomic E-state index is 0.0405. The van der Waals surface area contributed by atoms with Gasteiger partial charge in [-0.15, -0.1) is 0 Å². The molecule has 0 bridgehead atoms. The number of aliphatic carboxylic acids is 1. The van der Waals surface area contributed by atoms with E-state index < -0.39 is 27.2 Å². The Morgan fingerprint density at radius 2 is 1.95 bits per heavy atom. The van der Waals surface area contributed by atoms with Crippen LogP contribution in [0.15, 0.2) is 41.8 Å². The predicted octanol–water partition coefficient (Wildman–Crippen LogP) is 1.52. The molecule has 0 spiro atoms. The summed E-state index contributed by atoms with van der Waals surface area (Å²) in [5.41, 5.74) is 0.514. The van der Waals surface area contributed by atoms with Crippen molar-refractivity contribution in [2.75, 3.05) is 6.61 Å². The molecule has 0 aromatic heterocycles. The first-order chi connectivity index (χ1) is 10.2. The predicted molar refractivity (Wildman–Crippen MR) is 79.3 cm³/mol. The van der Waals surface area contributed by atoms with Gasteiger partial charge < -0.3 is 15.2 Å². The van der Waals surface area contributed by atoms with Crippen molar-refractivity contribution in [2.45, 2.75) is 17.4 Å². The van der Waals surface area contributed by atoms with Crippen molar-refractivity contribution < 1.29 is 27.9 Å². The molecule has 0 radical (unpaired) electrons. The van der Waals surface area contributed by atoms with Gasteiger partial charge in [0.15, 0.2) is 0 Å². The van der Waals surface area contributed by atoms with Crippen molar-refractivity contribution >= 4 is 31.8 Å². The lowest BCUT2D eigenvalue weighted by Crippen LogP contribution is -2.42. The third-order valence-electron chi connectivity index (χ3n) is 2.57. The molecule has 7 nitrogen and oxygen atoms in total. The van der Waals surface area contributed by atoms with E-state index in [1.54, 1.807) is 0 Å². The Kier molecular flexibility index (Phi) is 6.39. The Hall–Kier alpha value is -2.06. The number of alkyl carbamates (subject to hydrolysis) is 1. The van der Waals surface area contributed by atoms with Crippen molar-refractivity contribution in [2.24, 2.45) is 0 Å². The van der Waals surface area contributed by atoms with E-state index in [4.69, 9.17) is 15.8 Å². The highest BCUT2D eigenvalue weighted by Gasteiger charge is 2.21. The van der Waals surface area contributed by atoms with Crippen molar-refractivity contribution in [3.8, 4) is 0 Å². The van der Waals surface area contributed by atoms with Crippen LogP contribution in [0.4, 0.5) is 4.79 Å². The molecule has 22 heavy (non-hydrogen) atoms. The molecule has 0 saturated carbocycles. The van der Waals surface area contributed by atoms with Crippen LogP contribution in [0.2, 0.25) is 0 Å². The Bertz CT molecular complexity index is 656. The molecule has 0 heterocycles. The molecule has 2 N–H and O–H groups in total. The second-order valence-corrected chi connectivity index (χ2v) is 6.77. The smallest absolute Gasteiger partial charge is 0.408 e. The third kappa shape index (κ3) is 5.74. The topological polar surface area (TPSA) is 110 Å². The highest BCUT2D eigenvalue weighted by Crippen LogP contribution is 2.16. The van der Waals surface area contributed by atoms with E-state index >= 15 is 0 Å². The SMILES string of the molecule is C=CCOC(=O)N[C@@H](Cc1ccc(S(=O)(=O)Cl)cc1)C(=O)O. The maximum absolute atomic E-state index is 11.4. The van der Waals surface area contributed by atoms with Gasteiger partial charge in [0.2, 0.25) is 0 Å². The maximum Gasteiger partial charge on any atom is 0.408 e. The molecule has 0 fully saturated rings. The molecule has 1 amide bonds. The number of rotatable bonds is 7. The van der Waals surface area contributed by atoms with Crippen molar-refractivity contribution in [3.05, 3.63) is 42.5 Å². The molecule has 0 aliphatic carbocycles. The van der Waals surface area contributed by atoms with Gasteiger partial charge in [0.25, 0.3) is 9.05 Å². The number of carboxylic acids is 1. The number of hydrogen-bond acceptors (Lipinski definition) is 5. The summed E-state index contributed by atoms with van der Waals surface area (Å²) in [5, 5.41) is 11.3. The highest BCUT2D eigenvalue weighted by atomic mass is 35.7. The van der Waals surface area contributed by atoms with Crippen LogP contribution in [-0.2, 0) is 25.0 Å². The Balaban J connectivity index is 2.77. The zero-order valence-corrected chi connectivity index (χ0v) is 12.9. The maximum atomic E-state index is 11.4. The molecule has 120 valence electrons. The minimum Gasteiger partial charge on any atom is -0.480 e. The van der Waals surface area contributed by atoms with E-state index in [9.17, 15) is 18.0 Å². The lowest BCUT2D eigenvalue weighted by Gasteiger charge is -2.14. The average Bonchev–Trinajstić information content (AvgIpc) is 2.44. The number of nitrogens with one attached hydrogen (secondary N) is 1. The summed E-state index contributed by atoms with van der Waals surface area (Å²) in [6, 6.07) is 4.14. The van der Waals surface area contributed by atoms with Gasteiger partial charge in [0.1, 0.15) is 12.6 Å². The van der Waals surface area contributed by atoms with Crippen LogP contribution in [-0.4, -0.2) is 38.2 Å². The number of benzene rings is 1. The summed E-state index contributed by atoms with van der Waals surface area (Å²) in [6.45, 7) is 3.32. The molecule has 1 rings (SSSR count). The monoisotopic (exact) mass is 347 g/mol. The molecule has 0 aliphatic rings. The Labute approximate surface area is 132 Å². The fraction of sp³-hybridized carbons (Fsp3) is 0.231. The second-order valence-electron chi connectivity index (χ2n) is 4.21. The fourth-order valence-corrected chi connectivity index (χ4v) is 2.31. The first-order valence-corrected chi connectivity index (χ1v) is 8.35. The van der Waals surface area contributed by atoms with Gasteiger partial charge in [0.05, 0.1) is 4.90 Å². The van der Waals surface area contributed by atoms with Crippen LogP contribution < -0.4 is 5.32 Å². The zero-order valence-electron chi connectivity index (χ0n) is 11.4. The molecular weight excluding hydrogens is 334 g/mol. The van der Waals surface area contributed by atoms with Gasteiger partial charge in [-0.25, -0.2) is 18.0 Å². The van der Waals surface area contributed by atoms with E-state index in [0.29, 0.717) is 5.56 Å². The number of carbonyl (C=O) groups excluding carboxylic acids is 1. The van der Waals surface area contributed by atoms with E-state index in [1.807, 2.05) is 0 Å². The van der Waals surface area contributed by atoms with Gasteiger partial charge in [-0.05, 0) is 17.7 Å². The first kappa shape index (κ1) is 18.0. The van der Waals surface area contributed by atoms with Gasteiger partial charge >= 0.3 is 12.1 Å². The quantitative estimate of drug-likeness (QED) is 0.571. The van der Waals surface area contributed by atoms with E-state index in [0.717, 1.165) is 0 Å². The fourth-order valence-electron chi connectivity index (χ4n) is 1.54. The van der Waals surface area contributed by atoms with Crippen LogP contribution in [0.5, 0.6) is 0 Å². The van der Waals surface area contributed by atoms with Crippen LogP contribution >= 0.6 is 10.7 Å². The first-order valence-electron chi connectivity index (χ1n) is 6.04. The zero-order chi connectivity index (χ0) is 16.8. The summed E-state index contributed by atoms with van der Waals surface area (Å²) in [7, 11) is 1.34. The van der Waals surface area contributed by atoms with E-state index in [1.165, 1.54) is 30.3 Å². The summed E-state index contributed by atoms with van der Waals surface area (Å²) in [5.74, 6) is -1.25. The summed E-state index contributed by atoms with van der Waals surface area (Å²) in [4.78, 5) is 22.4. The summed E-state index contributed by atoms with van der Waals surface area (Å²) < 4.78 is 26.9. The van der Waals surface area contributed by atoms with Crippen molar-refractivity contribution in [1.82, 2.24) is 5.32 Å². The second kappa shape index (κ2) is 7.81. The molecule has 9 heteroatoms. The number of amides is 1. The lowest BCUT2D eigenvalue weighted by atomic mass is 10.1. The van der Waals surface area contributed by atoms with Crippen molar-refractivity contribution in [3.63, 3.8) is 0 Å². The van der Waals surface area contributed by atoms with Gasteiger partial charge in [-0.2, -0.15) is 0 Å². The number of hydrogen-bond donors (Lipinski definition) is 2. The number of carbonyl (C=O) groups is 2. The number of halogens is 1. The summed E-state index contributed by atoms with van der Waals surface area (Å²) >= 11 is 0. The van der Waals surface area contributed by atoms with E-state index in [-0.39, 0.29) is 17.9 Å². The molecule has 1 aromatic rings. The number of carboxylic acid groups (broad SMARTS) is 1. The lowest BCUT2D eigenvalue weighted by molar-refractivity contribution is -0.139. The molecule has 0 unspecified atom stereocenters. The third-order valence-corrected chi connectivity index (χ3v) is 3.94. The number of ether oxygens (including phenoxy) is 1. The molecular formula is C13H14ClNO6S. The highest BCUT2D eigenvalue weighted by molar-refractivity contribution is 8.13. The standard InChI is InChI=1S/C13H14ClNO6S/c1-2-7-21-13(18)15-11(12(16)17)8-9-3-5-10(6-4-9)22(14,19)20/h2-6,11H,1,7-8H2,(H,15,18)(H,16,17)/t11-/m0/s1. The normalized spacial score (nSPS) is 12.2. The molecule has 0 saturated heterocycles. The Morgan fingerprint density at radius 1 is 1.36 bits per heavy atom. The summed E-state index contributed by atoms with van der Waals surface area (Å²) in [6.07, 6.45) is 0.425. The minimum atomic E-state index is -3.84. The van der Waals surface area contributed by atoms with Crippen LogP contribution in [0.25, 0.3) is 0 Å². The van der Waals surface area contributed by atoms with Crippen LogP contribution in [0.3, 0.4) is 0 Å². The largest absolute Gasteiger partial charge is 0.480 e. The average molecular weight is 348 g/mol. The van der Waals surface area contributed by atoms with Crippen molar-refractivity contribution in [1.29, 1.82) is 0 Å². The molecule has 1 atom stereocenters.